The van der Waals surface area contributed by atoms with Crippen LogP contribution < -0.4 is 5.32 Å². The topological polar surface area (TPSA) is 68.0 Å². The van der Waals surface area contributed by atoms with Gasteiger partial charge < -0.3 is 9.84 Å². The summed E-state index contributed by atoms with van der Waals surface area (Å²) in [5, 5.41) is 7.01. The van der Waals surface area contributed by atoms with Crippen LogP contribution in [0.15, 0.2) is 53.2 Å². The normalized spacial score (nSPS) is 11.4. The number of carbonyl (C=O) groups is 1. The van der Waals surface area contributed by atoms with E-state index < -0.39 is 5.54 Å². The Morgan fingerprint density at radius 1 is 1.08 bits per heavy atom. The molecule has 0 spiro atoms. The summed E-state index contributed by atoms with van der Waals surface area (Å²) in [6.45, 7) is 7.57. The first kappa shape index (κ1) is 16.9. The van der Waals surface area contributed by atoms with Crippen molar-refractivity contribution in [3.63, 3.8) is 0 Å². The lowest BCUT2D eigenvalue weighted by molar-refractivity contribution is 0.0906. The largest absolute Gasteiger partial charge is 0.361 e. The Bertz CT molecular complexity index is 879. The second-order valence-corrected chi connectivity index (χ2v) is 6.57. The average molecular weight is 335 g/mol. The molecular weight excluding hydrogens is 314 g/mol. The van der Waals surface area contributed by atoms with Crippen LogP contribution >= 0.6 is 0 Å². The third-order valence-electron chi connectivity index (χ3n) is 4.18. The molecule has 5 nitrogen and oxygen atoms in total. The highest BCUT2D eigenvalue weighted by molar-refractivity contribution is 5.94. The molecule has 1 amide bonds. The molecule has 2 aromatic heterocycles. The molecule has 0 saturated carbocycles. The predicted molar refractivity (Wildman–Crippen MR) is 96.1 cm³/mol. The lowest BCUT2D eigenvalue weighted by Gasteiger charge is -2.26. The van der Waals surface area contributed by atoms with E-state index in [0.29, 0.717) is 11.5 Å². The van der Waals surface area contributed by atoms with E-state index >= 15 is 0 Å². The number of aromatic nitrogens is 2. The van der Waals surface area contributed by atoms with Crippen LogP contribution in [0.5, 0.6) is 0 Å². The van der Waals surface area contributed by atoms with Crippen LogP contribution in [-0.4, -0.2) is 16.0 Å². The zero-order valence-electron chi connectivity index (χ0n) is 14.8. The van der Waals surface area contributed by atoms with E-state index in [0.717, 1.165) is 22.4 Å². The number of hydrogen-bond acceptors (Lipinski definition) is 4. The minimum absolute atomic E-state index is 0.234. The fourth-order valence-electron chi connectivity index (χ4n) is 3.15. The van der Waals surface area contributed by atoms with E-state index in [1.54, 1.807) is 12.3 Å². The summed E-state index contributed by atoms with van der Waals surface area (Å²) >= 11 is 0. The maximum Gasteiger partial charge on any atom is 0.270 e. The molecule has 0 atom stereocenters. The number of nitrogens with one attached hydrogen (secondary N) is 1. The van der Waals surface area contributed by atoms with Crippen LogP contribution in [0, 0.1) is 13.8 Å². The first-order chi connectivity index (χ1) is 11.9. The van der Waals surface area contributed by atoms with Gasteiger partial charge in [-0.15, -0.1) is 0 Å². The SMILES string of the molecule is Cc1noc(C)c1C(C)(C)NC(=O)c1cc(-c2ccccc2)ccn1. The van der Waals surface area contributed by atoms with Gasteiger partial charge in [0.2, 0.25) is 0 Å². The van der Waals surface area contributed by atoms with Crippen molar-refractivity contribution < 1.29 is 9.32 Å². The molecular formula is C20H21N3O2. The lowest BCUT2D eigenvalue weighted by Crippen LogP contribution is -2.42. The number of aryl methyl sites for hydroxylation is 2. The van der Waals surface area contributed by atoms with E-state index in [9.17, 15) is 4.79 Å². The second-order valence-electron chi connectivity index (χ2n) is 6.57. The molecule has 0 bridgehead atoms. The summed E-state index contributed by atoms with van der Waals surface area (Å²) in [7, 11) is 0. The van der Waals surface area contributed by atoms with Crippen molar-refractivity contribution in [3.05, 3.63) is 71.4 Å². The molecule has 25 heavy (non-hydrogen) atoms. The van der Waals surface area contributed by atoms with Gasteiger partial charge in [0.05, 0.1) is 11.2 Å². The number of amides is 1. The van der Waals surface area contributed by atoms with Gasteiger partial charge in [-0.05, 0) is 51.0 Å². The second kappa shape index (κ2) is 6.51. The number of hydrogen-bond donors (Lipinski definition) is 1. The van der Waals surface area contributed by atoms with E-state index in [1.165, 1.54) is 0 Å². The molecule has 1 aromatic carbocycles. The monoisotopic (exact) mass is 335 g/mol. The summed E-state index contributed by atoms with van der Waals surface area (Å²) in [6, 6.07) is 13.6. The van der Waals surface area contributed by atoms with E-state index in [-0.39, 0.29) is 5.91 Å². The summed E-state index contributed by atoms with van der Waals surface area (Å²) in [5.41, 5.74) is 3.42. The molecule has 128 valence electrons. The highest BCUT2D eigenvalue weighted by Crippen LogP contribution is 2.27. The van der Waals surface area contributed by atoms with Crippen LogP contribution in [0.25, 0.3) is 11.1 Å². The maximum absolute atomic E-state index is 12.7. The zero-order valence-corrected chi connectivity index (χ0v) is 14.8. The van der Waals surface area contributed by atoms with Crippen molar-refractivity contribution >= 4 is 5.91 Å². The van der Waals surface area contributed by atoms with Crippen LogP contribution in [-0.2, 0) is 5.54 Å². The minimum atomic E-state index is -0.615. The number of pyridine rings is 1. The van der Waals surface area contributed by atoms with Crippen molar-refractivity contribution in [2.45, 2.75) is 33.2 Å². The number of rotatable bonds is 4. The van der Waals surface area contributed by atoms with Crippen LogP contribution in [0.3, 0.4) is 0 Å². The molecule has 1 N–H and O–H groups in total. The van der Waals surface area contributed by atoms with Gasteiger partial charge in [0.25, 0.3) is 5.91 Å². The fraction of sp³-hybridized carbons (Fsp3) is 0.250. The molecule has 5 heteroatoms. The first-order valence-corrected chi connectivity index (χ1v) is 8.16. The third kappa shape index (κ3) is 3.45. The molecule has 0 saturated heterocycles. The summed E-state index contributed by atoms with van der Waals surface area (Å²) in [5.74, 6) is 0.469. The van der Waals surface area contributed by atoms with Crippen molar-refractivity contribution in [3.8, 4) is 11.1 Å². The highest BCUT2D eigenvalue weighted by atomic mass is 16.5. The van der Waals surface area contributed by atoms with Gasteiger partial charge in [-0.1, -0.05) is 35.5 Å². The van der Waals surface area contributed by atoms with Gasteiger partial charge in [0.1, 0.15) is 11.5 Å². The van der Waals surface area contributed by atoms with Crippen molar-refractivity contribution in [1.29, 1.82) is 0 Å². The highest BCUT2D eigenvalue weighted by Gasteiger charge is 2.30. The molecule has 3 aromatic rings. The summed E-state index contributed by atoms with van der Waals surface area (Å²) < 4.78 is 5.23. The Labute approximate surface area is 147 Å². The molecule has 0 aliphatic carbocycles. The van der Waals surface area contributed by atoms with Crippen LogP contribution in [0.2, 0.25) is 0 Å². The Hall–Kier alpha value is -2.95. The first-order valence-electron chi connectivity index (χ1n) is 8.16. The van der Waals surface area contributed by atoms with E-state index in [2.05, 4.69) is 15.5 Å². The Kier molecular flexibility index (Phi) is 4.40. The van der Waals surface area contributed by atoms with E-state index in [1.807, 2.05) is 64.1 Å². The zero-order chi connectivity index (χ0) is 18.0. The molecule has 0 fully saturated rings. The van der Waals surface area contributed by atoms with Crippen molar-refractivity contribution in [2.24, 2.45) is 0 Å². The third-order valence-corrected chi connectivity index (χ3v) is 4.18. The quantitative estimate of drug-likeness (QED) is 0.782. The Morgan fingerprint density at radius 2 is 1.80 bits per heavy atom. The molecule has 3 rings (SSSR count). The predicted octanol–water partition coefficient (Wildman–Crippen LogP) is 4.02. The molecule has 0 aliphatic heterocycles. The summed E-state index contributed by atoms with van der Waals surface area (Å²) in [6.07, 6.45) is 1.65. The van der Waals surface area contributed by atoms with Gasteiger partial charge in [-0.2, -0.15) is 0 Å². The number of carbonyl (C=O) groups excluding carboxylic acids is 1. The molecule has 0 radical (unpaired) electrons. The van der Waals surface area contributed by atoms with Crippen molar-refractivity contribution in [2.75, 3.05) is 0 Å². The molecule has 0 unspecified atom stereocenters. The molecule has 0 aliphatic rings. The van der Waals surface area contributed by atoms with E-state index in [4.69, 9.17) is 4.52 Å². The van der Waals surface area contributed by atoms with Crippen LogP contribution in [0.4, 0.5) is 0 Å². The Balaban J connectivity index is 1.87. The van der Waals surface area contributed by atoms with Gasteiger partial charge >= 0.3 is 0 Å². The standard InChI is InChI=1S/C20H21N3O2/c1-13-18(14(2)25-23-13)20(3,4)22-19(24)17-12-16(10-11-21-17)15-8-6-5-7-9-15/h5-12H,1-4H3,(H,22,24). The average Bonchev–Trinajstić information content (AvgIpc) is 2.95. The summed E-state index contributed by atoms with van der Waals surface area (Å²) in [4.78, 5) is 17.0. The number of benzene rings is 1. The van der Waals surface area contributed by atoms with Gasteiger partial charge in [0.15, 0.2) is 0 Å². The fourth-order valence-corrected chi connectivity index (χ4v) is 3.15. The lowest BCUT2D eigenvalue weighted by atomic mass is 9.92. The smallest absolute Gasteiger partial charge is 0.270 e. The van der Waals surface area contributed by atoms with Crippen LogP contribution in [0.1, 0.15) is 41.4 Å². The number of nitrogens with zero attached hydrogens (tertiary/aromatic N) is 2. The van der Waals surface area contributed by atoms with Gasteiger partial charge in [-0.3, -0.25) is 9.78 Å². The van der Waals surface area contributed by atoms with Crippen molar-refractivity contribution in [1.82, 2.24) is 15.5 Å². The minimum Gasteiger partial charge on any atom is -0.361 e. The maximum atomic E-state index is 12.7. The van der Waals surface area contributed by atoms with Gasteiger partial charge in [0, 0.05) is 11.8 Å². The Morgan fingerprint density at radius 3 is 2.44 bits per heavy atom. The van der Waals surface area contributed by atoms with Gasteiger partial charge in [-0.25, -0.2) is 0 Å². The molecule has 2 heterocycles.